The van der Waals surface area contributed by atoms with Gasteiger partial charge in [0.15, 0.2) is 0 Å². The number of benzene rings is 1. The van der Waals surface area contributed by atoms with E-state index in [0.29, 0.717) is 0 Å². The van der Waals surface area contributed by atoms with Crippen molar-refractivity contribution in [2.45, 2.75) is 38.9 Å². The highest BCUT2D eigenvalue weighted by Crippen LogP contribution is 2.24. The molecule has 1 aromatic carbocycles. The SMILES string of the molecule is C=Cc1n[nH]c2ccc([B]OC(C)(C)C(C)(C)O)cc12. The third-order valence-electron chi connectivity index (χ3n) is 3.77. The lowest BCUT2D eigenvalue weighted by atomic mass is 9.82. The summed E-state index contributed by atoms with van der Waals surface area (Å²) in [5, 5.41) is 18.2. The molecular formula is C15H20BN2O2. The fourth-order valence-corrected chi connectivity index (χ4v) is 1.64. The summed E-state index contributed by atoms with van der Waals surface area (Å²) in [6, 6.07) is 5.87. The maximum Gasteiger partial charge on any atom is 0.330 e. The van der Waals surface area contributed by atoms with Crippen molar-refractivity contribution in [1.29, 1.82) is 0 Å². The quantitative estimate of drug-likeness (QED) is 0.818. The van der Waals surface area contributed by atoms with Crippen molar-refractivity contribution < 1.29 is 9.76 Å². The Balaban J connectivity index is 2.20. The van der Waals surface area contributed by atoms with Crippen LogP contribution in [0.3, 0.4) is 0 Å². The van der Waals surface area contributed by atoms with Crippen molar-refractivity contribution in [3.05, 3.63) is 30.5 Å². The molecule has 0 unspecified atom stereocenters. The molecule has 0 aliphatic heterocycles. The first-order chi connectivity index (χ1) is 9.24. The maximum atomic E-state index is 10.1. The molecule has 2 rings (SSSR count). The van der Waals surface area contributed by atoms with Crippen LogP contribution < -0.4 is 5.46 Å². The number of aromatic amines is 1. The largest absolute Gasteiger partial charge is 0.427 e. The Morgan fingerprint density at radius 1 is 1.35 bits per heavy atom. The molecule has 1 aromatic heterocycles. The topological polar surface area (TPSA) is 58.1 Å². The van der Waals surface area contributed by atoms with Crippen molar-refractivity contribution in [2.24, 2.45) is 0 Å². The Morgan fingerprint density at radius 2 is 2.05 bits per heavy atom. The van der Waals surface area contributed by atoms with E-state index in [9.17, 15) is 5.11 Å². The molecular weight excluding hydrogens is 251 g/mol. The molecule has 1 heterocycles. The van der Waals surface area contributed by atoms with Gasteiger partial charge in [0.05, 0.1) is 22.4 Å². The Kier molecular flexibility index (Phi) is 3.76. The molecule has 0 bridgehead atoms. The molecule has 1 radical (unpaired) electrons. The number of hydrogen-bond acceptors (Lipinski definition) is 3. The van der Waals surface area contributed by atoms with E-state index in [0.717, 1.165) is 22.1 Å². The van der Waals surface area contributed by atoms with Crippen LogP contribution in [0.15, 0.2) is 24.8 Å². The molecule has 0 spiro atoms. The highest BCUT2D eigenvalue weighted by Gasteiger charge is 2.35. The van der Waals surface area contributed by atoms with Crippen molar-refractivity contribution in [2.75, 3.05) is 0 Å². The molecule has 105 valence electrons. The van der Waals surface area contributed by atoms with Crippen molar-refractivity contribution in [1.82, 2.24) is 10.2 Å². The van der Waals surface area contributed by atoms with E-state index in [1.54, 1.807) is 27.4 Å². The van der Waals surface area contributed by atoms with Crippen LogP contribution in [0.5, 0.6) is 0 Å². The summed E-state index contributed by atoms with van der Waals surface area (Å²) >= 11 is 0. The first-order valence-electron chi connectivity index (χ1n) is 6.58. The van der Waals surface area contributed by atoms with Crippen molar-refractivity contribution >= 4 is 29.9 Å². The minimum Gasteiger partial charge on any atom is -0.427 e. The normalized spacial score (nSPS) is 12.7. The molecule has 0 saturated carbocycles. The van der Waals surface area contributed by atoms with Gasteiger partial charge in [-0.3, -0.25) is 5.10 Å². The lowest BCUT2D eigenvalue weighted by molar-refractivity contribution is -0.0893. The molecule has 0 aliphatic carbocycles. The van der Waals surface area contributed by atoms with Gasteiger partial charge < -0.3 is 9.76 Å². The highest BCUT2D eigenvalue weighted by atomic mass is 16.5. The number of nitrogens with zero attached hydrogens (tertiary/aromatic N) is 1. The number of nitrogens with one attached hydrogen (secondary N) is 1. The fraction of sp³-hybridized carbons (Fsp3) is 0.400. The molecule has 0 aliphatic rings. The Morgan fingerprint density at radius 3 is 2.65 bits per heavy atom. The first-order valence-corrected chi connectivity index (χ1v) is 6.58. The standard InChI is InChI=1S/C15H20BN2O2/c1-6-12-11-9-10(7-8-13(11)18-17-12)16-20-15(4,5)14(2,3)19/h6-9,19H,1H2,2-5H3,(H,17,18). The summed E-state index contributed by atoms with van der Waals surface area (Å²) in [5.41, 5.74) is 1.07. The van der Waals surface area contributed by atoms with Gasteiger partial charge in [-0.1, -0.05) is 24.2 Å². The Hall–Kier alpha value is -1.59. The van der Waals surface area contributed by atoms with Crippen LogP contribution in [-0.2, 0) is 4.65 Å². The van der Waals surface area contributed by atoms with Gasteiger partial charge in [-0.05, 0) is 39.8 Å². The third kappa shape index (κ3) is 2.79. The van der Waals surface area contributed by atoms with Crippen LogP contribution in [0.25, 0.3) is 17.0 Å². The van der Waals surface area contributed by atoms with Crippen LogP contribution in [0, 0.1) is 0 Å². The number of hydrogen-bond donors (Lipinski definition) is 2. The van der Waals surface area contributed by atoms with Crippen LogP contribution in [-0.4, -0.2) is 34.0 Å². The van der Waals surface area contributed by atoms with Gasteiger partial charge in [-0.15, -0.1) is 0 Å². The zero-order chi connectivity index (χ0) is 15.0. The number of aliphatic hydroxyl groups is 1. The van der Waals surface area contributed by atoms with Gasteiger partial charge in [-0.25, -0.2) is 0 Å². The summed E-state index contributed by atoms with van der Waals surface area (Å²) in [7, 11) is 1.66. The van der Waals surface area contributed by atoms with E-state index in [-0.39, 0.29) is 0 Å². The van der Waals surface area contributed by atoms with E-state index in [1.807, 2.05) is 32.0 Å². The van der Waals surface area contributed by atoms with E-state index in [4.69, 9.17) is 4.65 Å². The second-order valence-corrected chi connectivity index (χ2v) is 5.92. The van der Waals surface area contributed by atoms with E-state index in [2.05, 4.69) is 16.8 Å². The van der Waals surface area contributed by atoms with Gasteiger partial charge in [0.1, 0.15) is 0 Å². The minimum atomic E-state index is -0.935. The summed E-state index contributed by atoms with van der Waals surface area (Å²) < 4.78 is 5.75. The lowest BCUT2D eigenvalue weighted by Crippen LogP contribution is -2.49. The summed E-state index contributed by atoms with van der Waals surface area (Å²) in [6.45, 7) is 10.9. The second kappa shape index (κ2) is 5.07. The fourth-order valence-electron chi connectivity index (χ4n) is 1.64. The third-order valence-corrected chi connectivity index (χ3v) is 3.77. The summed E-state index contributed by atoms with van der Waals surface area (Å²) in [6.07, 6.45) is 1.71. The predicted octanol–water partition coefficient (Wildman–Crippen LogP) is 2.02. The van der Waals surface area contributed by atoms with Crippen LogP contribution >= 0.6 is 0 Å². The lowest BCUT2D eigenvalue weighted by Gasteiger charge is -2.37. The van der Waals surface area contributed by atoms with E-state index in [1.165, 1.54) is 0 Å². The monoisotopic (exact) mass is 271 g/mol. The number of rotatable bonds is 5. The summed E-state index contributed by atoms with van der Waals surface area (Å²) in [4.78, 5) is 0. The van der Waals surface area contributed by atoms with Crippen LogP contribution in [0.2, 0.25) is 0 Å². The molecule has 0 fully saturated rings. The Bertz CT molecular complexity index is 626. The van der Waals surface area contributed by atoms with Gasteiger partial charge in [0, 0.05) is 5.39 Å². The predicted molar refractivity (Wildman–Crippen MR) is 83.0 cm³/mol. The van der Waals surface area contributed by atoms with Gasteiger partial charge in [-0.2, -0.15) is 5.10 Å². The number of aromatic nitrogens is 2. The molecule has 0 amide bonds. The average molecular weight is 271 g/mol. The zero-order valence-corrected chi connectivity index (χ0v) is 12.4. The highest BCUT2D eigenvalue weighted by molar-refractivity contribution is 6.47. The summed E-state index contributed by atoms with van der Waals surface area (Å²) in [5.74, 6) is 0. The molecule has 5 heteroatoms. The van der Waals surface area contributed by atoms with Gasteiger partial charge >= 0.3 is 7.48 Å². The molecule has 4 nitrogen and oxygen atoms in total. The number of H-pyrrole nitrogens is 1. The maximum absolute atomic E-state index is 10.1. The van der Waals surface area contributed by atoms with Crippen molar-refractivity contribution in [3.63, 3.8) is 0 Å². The molecule has 2 aromatic rings. The van der Waals surface area contributed by atoms with Crippen molar-refractivity contribution in [3.8, 4) is 0 Å². The first kappa shape index (κ1) is 14.8. The Labute approximate surface area is 120 Å². The van der Waals surface area contributed by atoms with Crippen LogP contribution in [0.4, 0.5) is 0 Å². The second-order valence-electron chi connectivity index (χ2n) is 5.92. The van der Waals surface area contributed by atoms with Gasteiger partial charge in [0.2, 0.25) is 0 Å². The molecule has 0 saturated heterocycles. The zero-order valence-electron chi connectivity index (χ0n) is 12.4. The minimum absolute atomic E-state index is 0.681. The molecule has 0 atom stereocenters. The van der Waals surface area contributed by atoms with Gasteiger partial charge in [0.25, 0.3) is 0 Å². The van der Waals surface area contributed by atoms with E-state index < -0.39 is 11.2 Å². The number of fused-ring (bicyclic) bond motifs is 1. The smallest absolute Gasteiger partial charge is 0.330 e. The van der Waals surface area contributed by atoms with E-state index >= 15 is 0 Å². The van der Waals surface area contributed by atoms with Crippen LogP contribution in [0.1, 0.15) is 33.4 Å². The average Bonchev–Trinajstić information content (AvgIpc) is 2.77. The molecule has 20 heavy (non-hydrogen) atoms. The molecule has 2 N–H and O–H groups in total.